The fourth-order valence-electron chi connectivity index (χ4n) is 2.31. The molecular formula is C14H27N3. The Morgan fingerprint density at radius 2 is 1.94 bits per heavy atom. The Morgan fingerprint density at radius 3 is 2.47 bits per heavy atom. The summed E-state index contributed by atoms with van der Waals surface area (Å²) in [6.07, 6.45) is 6.32. The van der Waals surface area contributed by atoms with Gasteiger partial charge < -0.3 is 5.73 Å². The van der Waals surface area contributed by atoms with Crippen molar-refractivity contribution < 1.29 is 0 Å². The summed E-state index contributed by atoms with van der Waals surface area (Å²) in [6.45, 7) is 8.84. The van der Waals surface area contributed by atoms with E-state index in [2.05, 4.69) is 49.7 Å². The SMILES string of the molecule is CCC(CC)n1ccc(CC(N)CC(C)C)n1. The summed E-state index contributed by atoms with van der Waals surface area (Å²) in [7, 11) is 0. The molecule has 0 aromatic carbocycles. The second-order valence-electron chi connectivity index (χ2n) is 5.35. The van der Waals surface area contributed by atoms with Crippen LogP contribution in [0.15, 0.2) is 12.3 Å². The normalized spacial score (nSPS) is 13.6. The van der Waals surface area contributed by atoms with E-state index in [0.717, 1.165) is 31.4 Å². The van der Waals surface area contributed by atoms with E-state index in [0.29, 0.717) is 12.0 Å². The number of aromatic nitrogens is 2. The topological polar surface area (TPSA) is 43.8 Å². The minimum Gasteiger partial charge on any atom is -0.327 e. The Hall–Kier alpha value is -0.830. The molecule has 0 aliphatic heterocycles. The minimum absolute atomic E-state index is 0.236. The molecule has 1 unspecified atom stereocenters. The zero-order valence-electron chi connectivity index (χ0n) is 11.7. The predicted octanol–water partition coefficient (Wildman–Crippen LogP) is 3.16. The van der Waals surface area contributed by atoms with Gasteiger partial charge in [-0.3, -0.25) is 4.68 Å². The molecule has 0 aliphatic rings. The van der Waals surface area contributed by atoms with Gasteiger partial charge in [-0.15, -0.1) is 0 Å². The van der Waals surface area contributed by atoms with Gasteiger partial charge in [-0.25, -0.2) is 0 Å². The van der Waals surface area contributed by atoms with Crippen LogP contribution < -0.4 is 5.73 Å². The summed E-state index contributed by atoms with van der Waals surface area (Å²) in [5.41, 5.74) is 7.24. The monoisotopic (exact) mass is 237 g/mol. The summed E-state index contributed by atoms with van der Waals surface area (Å²) in [4.78, 5) is 0. The van der Waals surface area contributed by atoms with Crippen LogP contribution in [0.2, 0.25) is 0 Å². The van der Waals surface area contributed by atoms with Crippen molar-refractivity contribution in [1.29, 1.82) is 0 Å². The fourth-order valence-corrected chi connectivity index (χ4v) is 2.31. The predicted molar refractivity (Wildman–Crippen MR) is 73.0 cm³/mol. The molecule has 1 atom stereocenters. The van der Waals surface area contributed by atoms with Crippen molar-refractivity contribution in [3.05, 3.63) is 18.0 Å². The molecule has 17 heavy (non-hydrogen) atoms. The molecule has 0 fully saturated rings. The van der Waals surface area contributed by atoms with Gasteiger partial charge in [0.2, 0.25) is 0 Å². The lowest BCUT2D eigenvalue weighted by Crippen LogP contribution is -2.25. The molecule has 0 amide bonds. The van der Waals surface area contributed by atoms with Crippen LogP contribution in [0.25, 0.3) is 0 Å². The van der Waals surface area contributed by atoms with Crippen molar-refractivity contribution in [2.75, 3.05) is 0 Å². The summed E-state index contributed by atoms with van der Waals surface area (Å²) in [5.74, 6) is 0.658. The van der Waals surface area contributed by atoms with Crippen LogP contribution in [-0.4, -0.2) is 15.8 Å². The van der Waals surface area contributed by atoms with Gasteiger partial charge in [0, 0.05) is 18.7 Å². The van der Waals surface area contributed by atoms with Gasteiger partial charge >= 0.3 is 0 Å². The highest BCUT2D eigenvalue weighted by atomic mass is 15.3. The standard InChI is InChI=1S/C14H27N3/c1-5-14(6-2)17-8-7-13(16-17)10-12(15)9-11(3)4/h7-8,11-12,14H,5-6,9-10,15H2,1-4H3. The number of nitrogens with two attached hydrogens (primary N) is 1. The second-order valence-corrected chi connectivity index (χ2v) is 5.35. The maximum atomic E-state index is 6.11. The third kappa shape index (κ3) is 4.50. The molecule has 3 nitrogen and oxygen atoms in total. The molecule has 1 rings (SSSR count). The van der Waals surface area contributed by atoms with E-state index in [1.807, 2.05) is 0 Å². The van der Waals surface area contributed by atoms with Gasteiger partial charge in [0.1, 0.15) is 0 Å². The first-order chi connectivity index (χ1) is 8.06. The molecule has 0 radical (unpaired) electrons. The van der Waals surface area contributed by atoms with E-state index < -0.39 is 0 Å². The van der Waals surface area contributed by atoms with E-state index in [-0.39, 0.29) is 6.04 Å². The number of rotatable bonds is 7. The Kier molecular flexibility index (Phi) is 5.69. The van der Waals surface area contributed by atoms with Crippen LogP contribution in [0.1, 0.15) is 58.7 Å². The lowest BCUT2D eigenvalue weighted by Gasteiger charge is -2.14. The van der Waals surface area contributed by atoms with Gasteiger partial charge in [-0.2, -0.15) is 5.10 Å². The lowest BCUT2D eigenvalue weighted by molar-refractivity contribution is 0.421. The molecule has 1 heterocycles. The van der Waals surface area contributed by atoms with Crippen LogP contribution in [0, 0.1) is 5.92 Å². The van der Waals surface area contributed by atoms with Crippen LogP contribution >= 0.6 is 0 Å². The highest BCUT2D eigenvalue weighted by molar-refractivity contribution is 5.02. The summed E-state index contributed by atoms with van der Waals surface area (Å²) in [5, 5.41) is 4.64. The smallest absolute Gasteiger partial charge is 0.0640 e. The van der Waals surface area contributed by atoms with Gasteiger partial charge in [-0.05, 0) is 31.2 Å². The molecule has 2 N–H and O–H groups in total. The number of hydrogen-bond donors (Lipinski definition) is 1. The molecule has 0 saturated carbocycles. The van der Waals surface area contributed by atoms with Crippen LogP contribution in [0.3, 0.4) is 0 Å². The summed E-state index contributed by atoms with van der Waals surface area (Å²) >= 11 is 0. The average Bonchev–Trinajstić information content (AvgIpc) is 2.67. The Labute approximate surface area is 105 Å². The van der Waals surface area contributed by atoms with E-state index in [9.17, 15) is 0 Å². The summed E-state index contributed by atoms with van der Waals surface area (Å²) < 4.78 is 2.09. The number of nitrogens with zero attached hydrogens (tertiary/aromatic N) is 2. The molecular weight excluding hydrogens is 210 g/mol. The van der Waals surface area contributed by atoms with Crippen LogP contribution in [0.4, 0.5) is 0 Å². The second kappa shape index (κ2) is 6.80. The average molecular weight is 237 g/mol. The molecule has 98 valence electrons. The van der Waals surface area contributed by atoms with Crippen molar-refractivity contribution in [3.8, 4) is 0 Å². The first-order valence-electron chi connectivity index (χ1n) is 6.86. The molecule has 0 aliphatic carbocycles. The zero-order valence-corrected chi connectivity index (χ0v) is 11.7. The van der Waals surface area contributed by atoms with E-state index in [4.69, 9.17) is 5.73 Å². The molecule has 0 spiro atoms. The molecule has 0 bridgehead atoms. The van der Waals surface area contributed by atoms with Gasteiger partial charge in [0.15, 0.2) is 0 Å². The Morgan fingerprint density at radius 1 is 1.29 bits per heavy atom. The highest BCUT2D eigenvalue weighted by Gasteiger charge is 2.11. The first kappa shape index (κ1) is 14.2. The van der Waals surface area contributed by atoms with Crippen molar-refractivity contribution in [3.63, 3.8) is 0 Å². The highest BCUT2D eigenvalue weighted by Crippen LogP contribution is 2.15. The summed E-state index contributed by atoms with van der Waals surface area (Å²) in [6, 6.07) is 2.88. The Balaban J connectivity index is 2.56. The number of hydrogen-bond acceptors (Lipinski definition) is 2. The third-order valence-corrected chi connectivity index (χ3v) is 3.23. The fraction of sp³-hybridized carbons (Fsp3) is 0.786. The van der Waals surface area contributed by atoms with E-state index in [1.54, 1.807) is 0 Å². The quantitative estimate of drug-likeness (QED) is 0.791. The van der Waals surface area contributed by atoms with E-state index >= 15 is 0 Å². The van der Waals surface area contributed by atoms with Crippen molar-refractivity contribution in [2.45, 2.75) is 65.5 Å². The first-order valence-corrected chi connectivity index (χ1v) is 6.86. The minimum atomic E-state index is 0.236. The van der Waals surface area contributed by atoms with Gasteiger partial charge in [0.05, 0.1) is 11.7 Å². The van der Waals surface area contributed by atoms with Crippen molar-refractivity contribution in [2.24, 2.45) is 11.7 Å². The zero-order chi connectivity index (χ0) is 12.8. The van der Waals surface area contributed by atoms with Gasteiger partial charge in [-0.1, -0.05) is 27.7 Å². The molecule has 0 saturated heterocycles. The largest absolute Gasteiger partial charge is 0.327 e. The molecule has 1 aromatic rings. The Bertz CT molecular complexity index is 313. The maximum absolute atomic E-state index is 6.11. The van der Waals surface area contributed by atoms with Crippen molar-refractivity contribution in [1.82, 2.24) is 9.78 Å². The maximum Gasteiger partial charge on any atom is 0.0640 e. The van der Waals surface area contributed by atoms with E-state index in [1.165, 1.54) is 0 Å². The third-order valence-electron chi connectivity index (χ3n) is 3.23. The van der Waals surface area contributed by atoms with Gasteiger partial charge in [0.25, 0.3) is 0 Å². The molecule has 3 heteroatoms. The lowest BCUT2D eigenvalue weighted by atomic mass is 10.0. The van der Waals surface area contributed by atoms with Crippen LogP contribution in [-0.2, 0) is 6.42 Å². The van der Waals surface area contributed by atoms with Crippen LogP contribution in [0.5, 0.6) is 0 Å². The van der Waals surface area contributed by atoms with Crippen molar-refractivity contribution >= 4 is 0 Å². The molecule has 1 aromatic heterocycles.